The third-order valence-electron chi connectivity index (χ3n) is 4.22. The van der Waals surface area contributed by atoms with Gasteiger partial charge in [0.1, 0.15) is 0 Å². The third kappa shape index (κ3) is 3.11. The Labute approximate surface area is 146 Å². The van der Waals surface area contributed by atoms with Gasteiger partial charge in [-0.25, -0.2) is 13.1 Å². The molecule has 0 saturated carbocycles. The average molecular weight is 364 g/mol. The van der Waals surface area contributed by atoms with Gasteiger partial charge in [-0.2, -0.15) is 0 Å². The molecule has 0 unspecified atom stereocenters. The largest absolute Gasteiger partial charge is 0.309 e. The molecule has 1 aliphatic heterocycles. The molecule has 2 heterocycles. The molecule has 5 nitrogen and oxygen atoms in total. The number of hydrogen-bond acceptors (Lipinski definition) is 4. The van der Waals surface area contributed by atoms with E-state index in [-0.39, 0.29) is 22.9 Å². The lowest BCUT2D eigenvalue weighted by atomic mass is 10.1. The summed E-state index contributed by atoms with van der Waals surface area (Å²) in [5.74, 6) is -0.0266. The number of amides is 1. The van der Waals surface area contributed by atoms with Gasteiger partial charge in [-0.1, -0.05) is 6.07 Å². The van der Waals surface area contributed by atoms with E-state index in [0.717, 1.165) is 16.1 Å². The molecule has 0 saturated heterocycles. The highest BCUT2D eigenvalue weighted by molar-refractivity contribution is 7.89. The quantitative estimate of drug-likeness (QED) is 0.907. The van der Waals surface area contributed by atoms with Crippen LogP contribution < -0.4 is 9.62 Å². The smallest absolute Gasteiger partial charge is 0.241 e. The monoisotopic (exact) mass is 364 g/mol. The molecule has 0 spiro atoms. The van der Waals surface area contributed by atoms with Crippen molar-refractivity contribution in [2.24, 2.45) is 0 Å². The number of carbonyl (C=O) groups excluding carboxylic acids is 1. The van der Waals surface area contributed by atoms with Crippen molar-refractivity contribution in [3.8, 4) is 0 Å². The van der Waals surface area contributed by atoms with Crippen molar-refractivity contribution in [2.45, 2.75) is 44.2 Å². The van der Waals surface area contributed by atoms with E-state index in [1.165, 1.54) is 18.3 Å². The normalized spacial score (nSPS) is 18.5. The van der Waals surface area contributed by atoms with Crippen LogP contribution in [0.3, 0.4) is 0 Å². The van der Waals surface area contributed by atoms with E-state index in [1.807, 2.05) is 31.4 Å². The highest BCUT2D eigenvalue weighted by Crippen LogP contribution is 2.34. The van der Waals surface area contributed by atoms with E-state index in [9.17, 15) is 13.2 Å². The highest BCUT2D eigenvalue weighted by atomic mass is 32.2. The molecule has 0 aliphatic carbocycles. The van der Waals surface area contributed by atoms with E-state index in [0.29, 0.717) is 6.42 Å². The Morgan fingerprint density at radius 3 is 2.75 bits per heavy atom. The van der Waals surface area contributed by atoms with Crippen molar-refractivity contribution in [3.05, 3.63) is 46.2 Å². The molecule has 0 bridgehead atoms. The Balaban J connectivity index is 1.88. The molecular weight excluding hydrogens is 344 g/mol. The number of carbonyl (C=O) groups is 1. The summed E-state index contributed by atoms with van der Waals surface area (Å²) >= 11 is 1.52. The van der Waals surface area contributed by atoms with Crippen LogP contribution in [-0.4, -0.2) is 20.4 Å². The summed E-state index contributed by atoms with van der Waals surface area (Å²) in [6.07, 6.45) is 0.665. The van der Waals surface area contributed by atoms with Gasteiger partial charge < -0.3 is 4.90 Å². The first kappa shape index (κ1) is 17.1. The summed E-state index contributed by atoms with van der Waals surface area (Å²) in [5, 5.41) is 1.92. The maximum atomic E-state index is 12.6. The lowest BCUT2D eigenvalue weighted by Crippen LogP contribution is -2.33. The first-order valence-electron chi connectivity index (χ1n) is 7.78. The van der Waals surface area contributed by atoms with Crippen LogP contribution in [0, 0.1) is 0 Å². The van der Waals surface area contributed by atoms with Crippen LogP contribution in [0.1, 0.15) is 37.3 Å². The van der Waals surface area contributed by atoms with Gasteiger partial charge in [0.15, 0.2) is 0 Å². The summed E-state index contributed by atoms with van der Waals surface area (Å²) < 4.78 is 28.0. The van der Waals surface area contributed by atoms with Gasteiger partial charge in [-0.15, -0.1) is 11.3 Å². The van der Waals surface area contributed by atoms with Crippen LogP contribution in [0.4, 0.5) is 5.69 Å². The lowest BCUT2D eigenvalue weighted by molar-refractivity contribution is -0.116. The molecule has 128 valence electrons. The predicted octanol–water partition coefficient (Wildman–Crippen LogP) is 3.09. The molecule has 0 radical (unpaired) electrons. The van der Waals surface area contributed by atoms with Crippen LogP contribution >= 0.6 is 11.3 Å². The topological polar surface area (TPSA) is 66.5 Å². The van der Waals surface area contributed by atoms with Crippen molar-refractivity contribution in [3.63, 3.8) is 0 Å². The van der Waals surface area contributed by atoms with E-state index >= 15 is 0 Å². The van der Waals surface area contributed by atoms with Gasteiger partial charge >= 0.3 is 0 Å². The number of hydrogen-bond donors (Lipinski definition) is 1. The Bertz CT molecular complexity index is 860. The van der Waals surface area contributed by atoms with Gasteiger partial charge in [0.05, 0.1) is 10.9 Å². The molecule has 7 heteroatoms. The fourth-order valence-electron chi connectivity index (χ4n) is 3.15. The highest BCUT2D eigenvalue weighted by Gasteiger charge is 2.30. The van der Waals surface area contributed by atoms with Gasteiger partial charge in [0, 0.05) is 23.5 Å². The van der Waals surface area contributed by atoms with Crippen LogP contribution in [0.25, 0.3) is 0 Å². The van der Waals surface area contributed by atoms with Gasteiger partial charge in [0.2, 0.25) is 15.9 Å². The fraction of sp³-hybridized carbons (Fsp3) is 0.353. The molecule has 2 aromatic rings. The number of sulfonamides is 1. The SMILES string of the molecule is CC(=O)N1c2ccc(S(=O)(=O)N[C@@H](C)c3cccs3)cc2C[C@H]1C. The second-order valence-corrected chi connectivity index (χ2v) is 8.78. The Morgan fingerprint density at radius 1 is 1.38 bits per heavy atom. The molecule has 1 aromatic heterocycles. The molecule has 24 heavy (non-hydrogen) atoms. The third-order valence-corrected chi connectivity index (χ3v) is 6.81. The van der Waals surface area contributed by atoms with Crippen molar-refractivity contribution in [2.75, 3.05) is 4.90 Å². The maximum absolute atomic E-state index is 12.6. The fourth-order valence-corrected chi connectivity index (χ4v) is 5.23. The van der Waals surface area contributed by atoms with Gasteiger partial charge in [0.25, 0.3) is 0 Å². The number of anilines is 1. The van der Waals surface area contributed by atoms with Gasteiger partial charge in [-0.3, -0.25) is 4.79 Å². The van der Waals surface area contributed by atoms with Gasteiger partial charge in [-0.05, 0) is 55.5 Å². The van der Waals surface area contributed by atoms with Crippen molar-refractivity contribution in [1.82, 2.24) is 4.72 Å². The molecular formula is C17H20N2O3S2. The Hall–Kier alpha value is -1.70. The average Bonchev–Trinajstić information content (AvgIpc) is 3.12. The van der Waals surface area contributed by atoms with E-state index in [2.05, 4.69) is 4.72 Å². The number of thiophene rings is 1. The summed E-state index contributed by atoms with van der Waals surface area (Å²) in [6.45, 7) is 5.32. The van der Waals surface area contributed by atoms with Crippen LogP contribution in [-0.2, 0) is 21.2 Å². The predicted molar refractivity (Wildman–Crippen MR) is 95.8 cm³/mol. The van der Waals surface area contributed by atoms with Crippen LogP contribution in [0.5, 0.6) is 0 Å². The zero-order valence-electron chi connectivity index (χ0n) is 13.8. The summed E-state index contributed by atoms with van der Waals surface area (Å²) in [7, 11) is -3.61. The first-order chi connectivity index (χ1) is 11.3. The molecule has 3 rings (SSSR count). The molecule has 1 aliphatic rings. The maximum Gasteiger partial charge on any atom is 0.241 e. The lowest BCUT2D eigenvalue weighted by Gasteiger charge is -2.20. The minimum Gasteiger partial charge on any atom is -0.309 e. The number of rotatable bonds is 4. The van der Waals surface area contributed by atoms with Crippen LogP contribution in [0.15, 0.2) is 40.6 Å². The Kier molecular flexibility index (Phi) is 4.50. The number of benzene rings is 1. The minimum atomic E-state index is -3.61. The van der Waals surface area contributed by atoms with E-state index in [4.69, 9.17) is 0 Å². The zero-order chi connectivity index (χ0) is 17.5. The summed E-state index contributed by atoms with van der Waals surface area (Å²) in [6, 6.07) is 8.55. The number of fused-ring (bicyclic) bond motifs is 1. The second-order valence-electron chi connectivity index (χ2n) is 6.09. The standard InChI is InChI=1S/C17H20N2O3S2/c1-11-9-14-10-15(6-7-16(14)19(11)13(3)20)24(21,22)18-12(2)17-5-4-8-23-17/h4-8,10-12,18H,9H2,1-3H3/t11-,12+/m1/s1. The van der Waals surface area contributed by atoms with Crippen molar-refractivity contribution >= 4 is 33.0 Å². The van der Waals surface area contributed by atoms with E-state index in [1.54, 1.807) is 23.1 Å². The second kappa shape index (κ2) is 6.31. The molecule has 0 fully saturated rings. The van der Waals surface area contributed by atoms with Crippen molar-refractivity contribution < 1.29 is 13.2 Å². The zero-order valence-corrected chi connectivity index (χ0v) is 15.4. The summed E-state index contributed by atoms with van der Waals surface area (Å²) in [5.41, 5.74) is 1.70. The molecule has 1 N–H and O–H groups in total. The van der Waals surface area contributed by atoms with Crippen molar-refractivity contribution in [1.29, 1.82) is 0 Å². The molecule has 1 amide bonds. The van der Waals surface area contributed by atoms with E-state index < -0.39 is 10.0 Å². The molecule has 1 aromatic carbocycles. The minimum absolute atomic E-state index is 0.0266. The first-order valence-corrected chi connectivity index (χ1v) is 10.1. The Morgan fingerprint density at radius 2 is 2.12 bits per heavy atom. The summed E-state index contributed by atoms with van der Waals surface area (Å²) in [4.78, 5) is 14.7. The molecule has 2 atom stereocenters. The number of nitrogens with one attached hydrogen (secondary N) is 1. The number of nitrogens with zero attached hydrogens (tertiary/aromatic N) is 1. The van der Waals surface area contributed by atoms with Crippen LogP contribution in [0.2, 0.25) is 0 Å².